The van der Waals surface area contributed by atoms with E-state index in [0.29, 0.717) is 40.8 Å². The van der Waals surface area contributed by atoms with E-state index in [9.17, 15) is 22.0 Å². The molecule has 2 aromatic heterocycles. The summed E-state index contributed by atoms with van der Waals surface area (Å²) in [7, 11) is -3.40. The highest BCUT2D eigenvalue weighted by Gasteiger charge is 2.36. The quantitative estimate of drug-likeness (QED) is 0.256. The zero-order valence-electron chi connectivity index (χ0n) is 21.7. The van der Waals surface area contributed by atoms with Crippen LogP contribution >= 0.6 is 11.6 Å². The second kappa shape index (κ2) is 10.1. The Morgan fingerprint density at radius 1 is 1.17 bits per heavy atom. The van der Waals surface area contributed by atoms with Crippen molar-refractivity contribution in [2.75, 3.05) is 5.73 Å². The Kier molecular flexibility index (Phi) is 6.66. The number of pyridine rings is 1. The summed E-state index contributed by atoms with van der Waals surface area (Å²) < 4.78 is 60.5. The number of carbonyl (C=O) groups excluding carboxylic acids is 1. The number of nitrogen functional groups attached to an aromatic ring is 1. The van der Waals surface area contributed by atoms with Crippen LogP contribution in [0.15, 0.2) is 54.4 Å². The number of hydrogen-bond donors (Lipinski definition) is 1. The number of ether oxygens (including phenoxy) is 1. The molecule has 2 aromatic carbocycles. The molecule has 41 heavy (non-hydrogen) atoms. The number of hydrogen-bond acceptors (Lipinski definition) is 7. The van der Waals surface area contributed by atoms with Gasteiger partial charge < -0.3 is 10.5 Å². The van der Waals surface area contributed by atoms with Crippen LogP contribution in [0.4, 0.5) is 14.6 Å². The van der Waals surface area contributed by atoms with Gasteiger partial charge in [0.25, 0.3) is 0 Å². The minimum Gasteiger partial charge on any atom is -0.434 e. The van der Waals surface area contributed by atoms with Crippen molar-refractivity contribution in [1.82, 2.24) is 14.8 Å². The third kappa shape index (κ3) is 5.11. The van der Waals surface area contributed by atoms with Gasteiger partial charge in [-0.1, -0.05) is 23.7 Å². The number of para-hydroxylation sites is 1. The van der Waals surface area contributed by atoms with E-state index in [1.165, 1.54) is 47.4 Å². The number of rotatable bonds is 8. The van der Waals surface area contributed by atoms with Crippen molar-refractivity contribution >= 4 is 39.1 Å². The molecular weight excluding hydrogens is 574 g/mol. The molecule has 0 spiro atoms. The van der Waals surface area contributed by atoms with Crippen molar-refractivity contribution in [3.05, 3.63) is 98.8 Å². The van der Waals surface area contributed by atoms with Crippen molar-refractivity contribution < 1.29 is 26.7 Å². The largest absolute Gasteiger partial charge is 0.434 e. The maximum atomic E-state index is 14.7. The molecule has 2 N–H and O–H groups in total. The van der Waals surface area contributed by atoms with E-state index in [1.807, 2.05) is 0 Å². The van der Waals surface area contributed by atoms with E-state index in [-0.39, 0.29) is 51.6 Å². The molecule has 0 unspecified atom stereocenters. The first-order valence-electron chi connectivity index (χ1n) is 12.7. The molecule has 6 rings (SSSR count). The van der Waals surface area contributed by atoms with E-state index < -0.39 is 26.7 Å². The molecule has 0 amide bonds. The maximum absolute atomic E-state index is 14.7. The number of halogens is 3. The summed E-state index contributed by atoms with van der Waals surface area (Å²) in [6.07, 6.45) is 5.80. The summed E-state index contributed by atoms with van der Waals surface area (Å²) in [5.41, 5.74) is 9.28. The van der Waals surface area contributed by atoms with Gasteiger partial charge in [-0.05, 0) is 60.7 Å². The molecule has 0 aliphatic heterocycles. The minimum absolute atomic E-state index is 0.0740. The molecule has 2 heterocycles. The first-order valence-corrected chi connectivity index (χ1v) is 14.8. The van der Waals surface area contributed by atoms with Gasteiger partial charge in [-0.3, -0.25) is 4.79 Å². The van der Waals surface area contributed by atoms with Crippen LogP contribution in [-0.2, 0) is 22.0 Å². The molecule has 210 valence electrons. The van der Waals surface area contributed by atoms with Gasteiger partial charge in [0.15, 0.2) is 27.2 Å². The van der Waals surface area contributed by atoms with Crippen molar-refractivity contribution in [2.45, 2.75) is 37.2 Å². The van der Waals surface area contributed by atoms with E-state index >= 15 is 0 Å². The Bertz CT molecular complexity index is 1860. The number of aromatic nitrogens is 3. The normalized spacial score (nSPS) is 14.6. The van der Waals surface area contributed by atoms with Gasteiger partial charge in [-0.15, -0.1) is 0 Å². The highest BCUT2D eigenvalue weighted by Crippen LogP contribution is 2.35. The number of fused-ring (bicyclic) bond motifs is 1. The molecule has 8 nitrogen and oxygen atoms in total. The first-order chi connectivity index (χ1) is 19.5. The molecule has 0 radical (unpaired) electrons. The monoisotopic (exact) mass is 596 g/mol. The molecule has 1 saturated carbocycles. The topological polar surface area (TPSA) is 117 Å². The summed E-state index contributed by atoms with van der Waals surface area (Å²) in [5.74, 6) is -1.95. The molecule has 4 aromatic rings. The number of allylic oxidation sites excluding steroid dienone is 1. The molecular formula is C29H23ClF2N4O4S. The predicted molar refractivity (Wildman–Crippen MR) is 150 cm³/mol. The van der Waals surface area contributed by atoms with Gasteiger partial charge in [0.05, 0.1) is 39.7 Å². The Labute approximate surface area is 239 Å². The van der Waals surface area contributed by atoms with Crippen LogP contribution in [0.1, 0.15) is 45.5 Å². The number of anilines is 1. The SMILES string of the molecule is Cc1cc(Oc2c(F)cccc2Cl)ncc1-n1ncc(C(=O)C2=Cc3cc(F)c(CS(=O)(=O)C4CC4)cc3C2)c1N. The van der Waals surface area contributed by atoms with Crippen LogP contribution in [0, 0.1) is 18.6 Å². The standard InChI is InChI=1S/C29H23ClF2N4O4S/c1-15-7-26(40-28-22(30)3-2-4-23(28)31)34-13-25(15)36-29(33)21(12-35-36)27(37)18-8-16-10-19(24(32)11-17(16)9-18)14-41(38,39)20-5-6-20/h2-4,7,9-13,20H,5-6,8,14,33H2,1H3. The average Bonchev–Trinajstić information content (AvgIpc) is 3.62. The van der Waals surface area contributed by atoms with Crippen molar-refractivity contribution in [3.8, 4) is 17.3 Å². The van der Waals surface area contributed by atoms with Crippen LogP contribution in [0.2, 0.25) is 5.02 Å². The molecule has 2 aliphatic rings. The van der Waals surface area contributed by atoms with Crippen LogP contribution in [0.25, 0.3) is 11.8 Å². The van der Waals surface area contributed by atoms with Gasteiger partial charge in [-0.25, -0.2) is 26.9 Å². The van der Waals surface area contributed by atoms with Gasteiger partial charge in [0, 0.05) is 23.6 Å². The molecule has 12 heteroatoms. The fourth-order valence-corrected chi connectivity index (χ4v) is 6.76. The van der Waals surface area contributed by atoms with Gasteiger partial charge in [0.2, 0.25) is 5.88 Å². The molecule has 0 saturated heterocycles. The number of carbonyl (C=O) groups is 1. The van der Waals surface area contributed by atoms with E-state index in [0.717, 1.165) is 0 Å². The molecule has 2 aliphatic carbocycles. The Hall–Kier alpha value is -4.09. The zero-order valence-corrected chi connectivity index (χ0v) is 23.3. The lowest BCUT2D eigenvalue weighted by Gasteiger charge is -2.11. The predicted octanol–water partition coefficient (Wildman–Crippen LogP) is 5.78. The third-order valence-electron chi connectivity index (χ3n) is 7.16. The number of aryl methyl sites for hydroxylation is 1. The number of Topliss-reactive ketones (excluding diaryl/α,β-unsaturated/α-hetero) is 1. The number of benzene rings is 2. The fourth-order valence-electron chi connectivity index (χ4n) is 4.82. The number of sulfone groups is 1. The van der Waals surface area contributed by atoms with Crippen molar-refractivity contribution in [1.29, 1.82) is 0 Å². The van der Waals surface area contributed by atoms with Crippen molar-refractivity contribution in [2.24, 2.45) is 0 Å². The Morgan fingerprint density at radius 2 is 1.95 bits per heavy atom. The maximum Gasteiger partial charge on any atom is 0.219 e. The summed E-state index contributed by atoms with van der Waals surface area (Å²) in [6.45, 7) is 1.75. The second-order valence-electron chi connectivity index (χ2n) is 10.1. The lowest BCUT2D eigenvalue weighted by molar-refractivity contribution is 0.103. The lowest BCUT2D eigenvalue weighted by Crippen LogP contribution is -2.11. The Balaban J connectivity index is 1.22. The fraction of sp³-hybridized carbons (Fsp3) is 0.207. The summed E-state index contributed by atoms with van der Waals surface area (Å²) in [5, 5.41) is 3.98. The van der Waals surface area contributed by atoms with E-state index in [4.69, 9.17) is 22.1 Å². The highest BCUT2D eigenvalue weighted by atomic mass is 35.5. The number of nitrogens with two attached hydrogens (primary N) is 1. The van der Waals surface area contributed by atoms with Crippen molar-refractivity contribution in [3.63, 3.8) is 0 Å². The zero-order chi connectivity index (χ0) is 29.1. The van der Waals surface area contributed by atoms with Crippen LogP contribution in [-0.4, -0.2) is 34.2 Å². The van der Waals surface area contributed by atoms with Crippen LogP contribution in [0.5, 0.6) is 11.6 Å². The lowest BCUT2D eigenvalue weighted by atomic mass is 10.0. The number of nitrogens with zero attached hydrogens (tertiary/aromatic N) is 3. The number of ketones is 1. The first kappa shape index (κ1) is 27.1. The average molecular weight is 597 g/mol. The second-order valence-corrected chi connectivity index (χ2v) is 12.8. The summed E-state index contributed by atoms with van der Waals surface area (Å²) in [4.78, 5) is 17.6. The van der Waals surface area contributed by atoms with Gasteiger partial charge in [-0.2, -0.15) is 5.10 Å². The molecule has 0 bridgehead atoms. The summed E-state index contributed by atoms with van der Waals surface area (Å²) >= 11 is 6.03. The minimum atomic E-state index is -3.40. The van der Waals surface area contributed by atoms with Gasteiger partial charge >= 0.3 is 0 Å². The van der Waals surface area contributed by atoms with Crippen LogP contribution < -0.4 is 10.5 Å². The molecule has 1 fully saturated rings. The highest BCUT2D eigenvalue weighted by molar-refractivity contribution is 7.91. The van der Waals surface area contributed by atoms with Crippen LogP contribution in [0.3, 0.4) is 0 Å². The van der Waals surface area contributed by atoms with Gasteiger partial charge in [0.1, 0.15) is 11.6 Å². The Morgan fingerprint density at radius 3 is 2.66 bits per heavy atom. The molecule has 0 atom stereocenters. The van der Waals surface area contributed by atoms with E-state index in [2.05, 4.69) is 10.1 Å². The van der Waals surface area contributed by atoms with E-state index in [1.54, 1.807) is 19.1 Å². The summed E-state index contributed by atoms with van der Waals surface area (Å²) in [6, 6.07) is 8.54. The smallest absolute Gasteiger partial charge is 0.219 e. The third-order valence-corrected chi connectivity index (χ3v) is 9.66.